The zero-order valence-electron chi connectivity index (χ0n) is 9.37. The number of fused-ring (bicyclic) bond motifs is 1. The number of halogens is 4. The molecule has 0 radical (unpaired) electrons. The van der Waals surface area contributed by atoms with Gasteiger partial charge in [-0.3, -0.25) is 0 Å². The van der Waals surface area contributed by atoms with Gasteiger partial charge in [0.05, 0.1) is 20.8 Å². The molecule has 0 saturated heterocycles. The van der Waals surface area contributed by atoms with Crippen molar-refractivity contribution >= 4 is 40.4 Å². The summed E-state index contributed by atoms with van der Waals surface area (Å²) in [7, 11) is 0. The summed E-state index contributed by atoms with van der Waals surface area (Å²) in [6, 6.07) is 6.14. The van der Waals surface area contributed by atoms with Crippen LogP contribution in [0.5, 0.6) is 0 Å². The Morgan fingerprint density at radius 3 is 2.58 bits per heavy atom. The van der Waals surface area contributed by atoms with Gasteiger partial charge < -0.3 is 4.40 Å². The van der Waals surface area contributed by atoms with Crippen LogP contribution < -0.4 is 0 Å². The second-order valence-electron chi connectivity index (χ2n) is 3.99. The summed E-state index contributed by atoms with van der Waals surface area (Å²) in [5.41, 5.74) is 1.75. The third-order valence-electron chi connectivity index (χ3n) is 2.70. The molecule has 2 aromatic heterocycles. The number of benzene rings is 1. The van der Waals surface area contributed by atoms with Gasteiger partial charge in [0.2, 0.25) is 0 Å². The van der Waals surface area contributed by atoms with Crippen LogP contribution in [0.25, 0.3) is 16.9 Å². The van der Waals surface area contributed by atoms with Crippen molar-refractivity contribution < 1.29 is 4.39 Å². The van der Waals surface area contributed by atoms with Crippen LogP contribution in [0.3, 0.4) is 0 Å². The molecule has 3 rings (SSSR count). The van der Waals surface area contributed by atoms with Gasteiger partial charge in [0.25, 0.3) is 0 Å². The van der Waals surface area contributed by atoms with E-state index in [0.717, 1.165) is 0 Å². The van der Waals surface area contributed by atoms with Crippen LogP contribution in [-0.4, -0.2) is 9.38 Å². The summed E-state index contributed by atoms with van der Waals surface area (Å²) in [5.74, 6) is -0.531. The fourth-order valence-electron chi connectivity index (χ4n) is 1.81. The summed E-state index contributed by atoms with van der Waals surface area (Å²) in [4.78, 5) is 4.37. The minimum absolute atomic E-state index is 0.0134. The number of aromatic nitrogens is 2. The molecule has 1 aromatic carbocycles. The van der Waals surface area contributed by atoms with Gasteiger partial charge in [-0.25, -0.2) is 9.37 Å². The van der Waals surface area contributed by atoms with Crippen LogP contribution in [0, 0.1) is 5.82 Å². The summed E-state index contributed by atoms with van der Waals surface area (Å²) in [6.07, 6.45) is 3.45. The fourth-order valence-corrected chi connectivity index (χ4v) is 2.46. The van der Waals surface area contributed by atoms with Gasteiger partial charge >= 0.3 is 0 Å². The minimum atomic E-state index is -0.531. The van der Waals surface area contributed by atoms with E-state index in [1.807, 2.05) is 0 Å². The molecule has 0 saturated carbocycles. The molecule has 0 fully saturated rings. The van der Waals surface area contributed by atoms with E-state index in [4.69, 9.17) is 34.8 Å². The van der Waals surface area contributed by atoms with Crippen molar-refractivity contribution in [3.63, 3.8) is 0 Å². The lowest BCUT2D eigenvalue weighted by Crippen LogP contribution is -1.84. The second-order valence-corrected chi connectivity index (χ2v) is 5.24. The van der Waals surface area contributed by atoms with Gasteiger partial charge in [-0.05, 0) is 24.3 Å². The van der Waals surface area contributed by atoms with E-state index < -0.39 is 5.82 Å². The Morgan fingerprint density at radius 1 is 1.00 bits per heavy atom. The lowest BCUT2D eigenvalue weighted by atomic mass is 10.1. The molecule has 96 valence electrons. The number of imidazole rings is 1. The molecule has 0 N–H and O–H groups in total. The molecule has 0 spiro atoms. The summed E-state index contributed by atoms with van der Waals surface area (Å²) >= 11 is 17.6. The first-order valence-electron chi connectivity index (χ1n) is 5.34. The van der Waals surface area contributed by atoms with E-state index in [1.54, 1.807) is 28.9 Å². The lowest BCUT2D eigenvalue weighted by Gasteiger charge is -2.02. The first-order valence-corrected chi connectivity index (χ1v) is 6.47. The van der Waals surface area contributed by atoms with Crippen LogP contribution in [0.15, 0.2) is 36.7 Å². The monoisotopic (exact) mass is 314 g/mol. The topological polar surface area (TPSA) is 17.3 Å². The Bertz CT molecular complexity index is 783. The van der Waals surface area contributed by atoms with Gasteiger partial charge in [-0.2, -0.15) is 0 Å². The van der Waals surface area contributed by atoms with E-state index in [1.165, 1.54) is 12.1 Å². The molecule has 0 unspecified atom stereocenters. The molecule has 0 amide bonds. The molecular weight excluding hydrogens is 310 g/mol. The zero-order valence-corrected chi connectivity index (χ0v) is 11.6. The van der Waals surface area contributed by atoms with Crippen molar-refractivity contribution in [2.45, 2.75) is 0 Å². The fraction of sp³-hybridized carbons (Fsp3) is 0. The van der Waals surface area contributed by atoms with Crippen LogP contribution in [0.1, 0.15) is 0 Å². The maximum absolute atomic E-state index is 13.5. The third-order valence-corrected chi connectivity index (χ3v) is 3.53. The maximum atomic E-state index is 13.5. The minimum Gasteiger partial charge on any atom is -0.305 e. The highest BCUT2D eigenvalue weighted by atomic mass is 35.5. The molecule has 0 atom stereocenters. The molecule has 0 bridgehead atoms. The average molecular weight is 316 g/mol. The van der Waals surface area contributed by atoms with Gasteiger partial charge in [-0.15, -0.1) is 0 Å². The summed E-state index contributed by atoms with van der Waals surface area (Å²) in [6.45, 7) is 0. The molecule has 19 heavy (non-hydrogen) atoms. The van der Waals surface area contributed by atoms with Crippen LogP contribution in [0.4, 0.5) is 4.39 Å². The summed E-state index contributed by atoms with van der Waals surface area (Å²) < 4.78 is 15.3. The molecule has 2 heterocycles. The Balaban J connectivity index is 2.21. The predicted molar refractivity (Wildman–Crippen MR) is 75.6 cm³/mol. The molecule has 0 aliphatic heterocycles. The van der Waals surface area contributed by atoms with Gasteiger partial charge in [0.1, 0.15) is 11.5 Å². The number of hydrogen-bond acceptors (Lipinski definition) is 1. The normalized spacial score (nSPS) is 11.2. The van der Waals surface area contributed by atoms with Gasteiger partial charge in [0.15, 0.2) is 0 Å². The first kappa shape index (κ1) is 12.7. The molecule has 3 aromatic rings. The molecule has 0 aliphatic carbocycles. The molecule has 6 heteroatoms. The molecule has 0 aliphatic rings. The average Bonchev–Trinajstić information content (AvgIpc) is 2.76. The number of hydrogen-bond donors (Lipinski definition) is 0. The standard InChI is InChI=1S/C13H6Cl3FN2/c14-7-1-2-13-18-12(6-19(13)5-7)8-3-11(17)10(16)4-9(8)15/h1-6H. The van der Waals surface area contributed by atoms with Crippen molar-refractivity contribution in [3.05, 3.63) is 57.5 Å². The second kappa shape index (κ2) is 4.67. The highest BCUT2D eigenvalue weighted by molar-refractivity contribution is 6.36. The van der Waals surface area contributed by atoms with Crippen LogP contribution in [0.2, 0.25) is 15.1 Å². The Morgan fingerprint density at radius 2 is 1.79 bits per heavy atom. The van der Waals surface area contributed by atoms with E-state index in [9.17, 15) is 4.39 Å². The largest absolute Gasteiger partial charge is 0.305 e. The number of pyridine rings is 1. The maximum Gasteiger partial charge on any atom is 0.142 e. The SMILES string of the molecule is Fc1cc(-c2cn3cc(Cl)ccc3n2)c(Cl)cc1Cl. The number of rotatable bonds is 1. The highest BCUT2D eigenvalue weighted by Crippen LogP contribution is 2.32. The van der Waals surface area contributed by atoms with E-state index in [-0.39, 0.29) is 5.02 Å². The van der Waals surface area contributed by atoms with E-state index in [0.29, 0.717) is 26.9 Å². The first-order chi connectivity index (χ1) is 9.04. The van der Waals surface area contributed by atoms with E-state index in [2.05, 4.69) is 4.98 Å². The van der Waals surface area contributed by atoms with Crippen molar-refractivity contribution in [2.24, 2.45) is 0 Å². The van der Waals surface area contributed by atoms with Crippen LogP contribution >= 0.6 is 34.8 Å². The Kier molecular flexibility index (Phi) is 3.13. The highest BCUT2D eigenvalue weighted by Gasteiger charge is 2.12. The van der Waals surface area contributed by atoms with Crippen molar-refractivity contribution in [1.29, 1.82) is 0 Å². The van der Waals surface area contributed by atoms with E-state index >= 15 is 0 Å². The van der Waals surface area contributed by atoms with Gasteiger partial charge in [-0.1, -0.05) is 34.8 Å². The van der Waals surface area contributed by atoms with Crippen molar-refractivity contribution in [2.75, 3.05) is 0 Å². The Labute approximate surface area is 123 Å². The smallest absolute Gasteiger partial charge is 0.142 e. The molecular formula is C13H6Cl3FN2. The predicted octanol–water partition coefficient (Wildman–Crippen LogP) is 5.10. The number of nitrogens with zero attached hydrogens (tertiary/aromatic N) is 2. The third kappa shape index (κ3) is 2.29. The van der Waals surface area contributed by atoms with Gasteiger partial charge in [0, 0.05) is 18.0 Å². The van der Waals surface area contributed by atoms with Crippen LogP contribution in [-0.2, 0) is 0 Å². The molecule has 2 nitrogen and oxygen atoms in total. The lowest BCUT2D eigenvalue weighted by molar-refractivity contribution is 0.629. The quantitative estimate of drug-likeness (QED) is 0.571. The zero-order chi connectivity index (χ0) is 13.6. The summed E-state index contributed by atoms with van der Waals surface area (Å²) in [5, 5.41) is 0.922. The van der Waals surface area contributed by atoms with Crippen molar-refractivity contribution in [1.82, 2.24) is 9.38 Å². The van der Waals surface area contributed by atoms with Crippen molar-refractivity contribution in [3.8, 4) is 11.3 Å². The Hall–Kier alpha value is -1.29.